The molecule has 0 saturated heterocycles. The second-order valence-corrected chi connectivity index (χ2v) is 6.88. The molecule has 1 saturated carbocycles. The van der Waals surface area contributed by atoms with Crippen LogP contribution in [0, 0.1) is 12.8 Å². The molecule has 4 nitrogen and oxygen atoms in total. The highest BCUT2D eigenvalue weighted by atomic mass is 16.5. The van der Waals surface area contributed by atoms with Crippen molar-refractivity contribution < 1.29 is 14.6 Å². The number of amides is 1. The van der Waals surface area contributed by atoms with E-state index in [4.69, 9.17) is 4.74 Å². The molecule has 0 heterocycles. The lowest BCUT2D eigenvalue weighted by Gasteiger charge is -2.34. The lowest BCUT2D eigenvalue weighted by molar-refractivity contribution is -0.0426. The van der Waals surface area contributed by atoms with Crippen LogP contribution in [-0.4, -0.2) is 42.2 Å². The van der Waals surface area contributed by atoms with Gasteiger partial charge in [-0.3, -0.25) is 4.79 Å². The van der Waals surface area contributed by atoms with Crippen LogP contribution in [0.25, 0.3) is 0 Å². The third-order valence-corrected chi connectivity index (χ3v) is 4.54. The van der Waals surface area contributed by atoms with E-state index in [1.165, 1.54) is 0 Å². The number of aliphatic hydroxyl groups is 1. The summed E-state index contributed by atoms with van der Waals surface area (Å²) in [5.41, 5.74) is 0.846. The summed E-state index contributed by atoms with van der Waals surface area (Å²) in [5, 5.41) is 10.6. The normalized spacial score (nSPS) is 24.9. The van der Waals surface area contributed by atoms with E-state index in [1.54, 1.807) is 25.1 Å². The van der Waals surface area contributed by atoms with Gasteiger partial charge in [-0.05, 0) is 56.2 Å². The zero-order valence-corrected chi connectivity index (χ0v) is 14.1. The number of benzene rings is 1. The Morgan fingerprint density at radius 2 is 2.00 bits per heavy atom. The van der Waals surface area contributed by atoms with Crippen molar-refractivity contribution in [3.63, 3.8) is 0 Å². The van der Waals surface area contributed by atoms with Crippen LogP contribution in [0.1, 0.15) is 48.5 Å². The number of rotatable bonds is 4. The molecule has 0 aliphatic heterocycles. The summed E-state index contributed by atoms with van der Waals surface area (Å²) in [7, 11) is 3.46. The predicted molar refractivity (Wildman–Crippen MR) is 87.3 cm³/mol. The summed E-state index contributed by atoms with van der Waals surface area (Å²) in [5.74, 6) is 1.32. The Morgan fingerprint density at radius 3 is 2.59 bits per heavy atom. The van der Waals surface area contributed by atoms with Crippen LogP contribution in [0.2, 0.25) is 0 Å². The molecule has 0 atom stereocenters. The molecule has 0 unspecified atom stereocenters. The van der Waals surface area contributed by atoms with E-state index in [-0.39, 0.29) is 5.91 Å². The maximum atomic E-state index is 12.0. The first-order valence-electron chi connectivity index (χ1n) is 7.98. The lowest BCUT2D eigenvalue weighted by Crippen LogP contribution is -2.39. The smallest absolute Gasteiger partial charge is 0.253 e. The van der Waals surface area contributed by atoms with Gasteiger partial charge in [0.15, 0.2) is 0 Å². The zero-order chi connectivity index (χ0) is 16.3. The van der Waals surface area contributed by atoms with Crippen molar-refractivity contribution in [2.24, 2.45) is 5.92 Å². The fourth-order valence-corrected chi connectivity index (χ4v) is 2.80. The maximum absolute atomic E-state index is 12.0. The molecule has 1 amide bonds. The van der Waals surface area contributed by atoms with Gasteiger partial charge in [-0.15, -0.1) is 0 Å². The molecule has 1 N–H and O–H groups in total. The summed E-state index contributed by atoms with van der Waals surface area (Å²) >= 11 is 0. The molecule has 0 radical (unpaired) electrons. The van der Waals surface area contributed by atoms with Crippen molar-refractivity contribution in [1.29, 1.82) is 0 Å². The Kier molecular flexibility index (Phi) is 5.12. The van der Waals surface area contributed by atoms with Crippen LogP contribution < -0.4 is 4.74 Å². The van der Waals surface area contributed by atoms with Crippen LogP contribution in [0.5, 0.6) is 5.75 Å². The van der Waals surface area contributed by atoms with Gasteiger partial charge < -0.3 is 14.7 Å². The van der Waals surface area contributed by atoms with Gasteiger partial charge in [-0.25, -0.2) is 0 Å². The molecule has 2 rings (SSSR count). The minimum Gasteiger partial charge on any atom is -0.490 e. The Labute approximate surface area is 133 Å². The molecule has 0 spiro atoms. The van der Waals surface area contributed by atoms with Crippen LogP contribution in [0.4, 0.5) is 0 Å². The molecule has 1 fully saturated rings. The van der Waals surface area contributed by atoms with Gasteiger partial charge in [0.1, 0.15) is 12.4 Å². The topological polar surface area (TPSA) is 49.8 Å². The van der Waals surface area contributed by atoms with Gasteiger partial charge in [0.05, 0.1) is 5.60 Å². The third-order valence-electron chi connectivity index (χ3n) is 4.54. The fraction of sp³-hybridized carbons (Fsp3) is 0.611. The van der Waals surface area contributed by atoms with E-state index in [2.05, 4.69) is 6.92 Å². The van der Waals surface area contributed by atoms with E-state index in [9.17, 15) is 9.90 Å². The molecule has 22 heavy (non-hydrogen) atoms. The van der Waals surface area contributed by atoms with Crippen LogP contribution in [0.3, 0.4) is 0 Å². The number of carbonyl (C=O) groups excluding carboxylic acids is 1. The third kappa shape index (κ3) is 4.01. The number of carbonyl (C=O) groups is 1. The standard InChI is InChI=1S/C18H27NO3/c1-13-7-9-18(21,10-8-13)12-22-16-11-15(6-5-14(16)2)17(20)19(3)4/h5-6,11,13,21H,7-10,12H2,1-4H3. The van der Waals surface area contributed by atoms with Gasteiger partial charge in [0.2, 0.25) is 0 Å². The highest BCUT2D eigenvalue weighted by molar-refractivity contribution is 5.94. The van der Waals surface area contributed by atoms with E-state index >= 15 is 0 Å². The molecular formula is C18H27NO3. The molecule has 1 aromatic carbocycles. The number of ether oxygens (including phenoxy) is 1. The Balaban J connectivity index is 2.06. The van der Waals surface area contributed by atoms with Crippen LogP contribution in [-0.2, 0) is 0 Å². The van der Waals surface area contributed by atoms with Crippen molar-refractivity contribution >= 4 is 5.91 Å². The molecule has 122 valence electrons. The van der Waals surface area contributed by atoms with Crippen molar-refractivity contribution in [3.8, 4) is 5.75 Å². The predicted octanol–water partition coefficient (Wildman–Crippen LogP) is 3.02. The number of hydrogen-bond acceptors (Lipinski definition) is 3. The van der Waals surface area contributed by atoms with Gasteiger partial charge in [-0.1, -0.05) is 13.0 Å². The van der Waals surface area contributed by atoms with Gasteiger partial charge in [-0.2, -0.15) is 0 Å². The molecule has 4 heteroatoms. The summed E-state index contributed by atoms with van der Waals surface area (Å²) < 4.78 is 5.86. The summed E-state index contributed by atoms with van der Waals surface area (Å²) in [4.78, 5) is 13.6. The van der Waals surface area contributed by atoms with Gasteiger partial charge >= 0.3 is 0 Å². The highest BCUT2D eigenvalue weighted by Crippen LogP contribution is 2.32. The highest BCUT2D eigenvalue weighted by Gasteiger charge is 2.32. The first kappa shape index (κ1) is 16.8. The Hall–Kier alpha value is -1.55. The lowest BCUT2D eigenvalue weighted by atomic mass is 9.80. The summed E-state index contributed by atoms with van der Waals surface area (Å²) in [6.45, 7) is 4.47. The molecule has 0 aromatic heterocycles. The van der Waals surface area contributed by atoms with Gasteiger partial charge in [0, 0.05) is 19.7 Å². The van der Waals surface area contributed by atoms with E-state index in [0.717, 1.165) is 31.2 Å². The molecular weight excluding hydrogens is 278 g/mol. The Morgan fingerprint density at radius 1 is 1.36 bits per heavy atom. The summed E-state index contributed by atoms with van der Waals surface area (Å²) in [6.07, 6.45) is 3.64. The quantitative estimate of drug-likeness (QED) is 0.930. The van der Waals surface area contributed by atoms with Crippen molar-refractivity contribution in [2.75, 3.05) is 20.7 Å². The van der Waals surface area contributed by atoms with Crippen molar-refractivity contribution in [2.45, 2.75) is 45.1 Å². The van der Waals surface area contributed by atoms with Gasteiger partial charge in [0.25, 0.3) is 5.91 Å². The molecule has 0 bridgehead atoms. The maximum Gasteiger partial charge on any atom is 0.253 e. The minimum absolute atomic E-state index is 0.0462. The summed E-state index contributed by atoms with van der Waals surface area (Å²) in [6, 6.07) is 5.47. The number of aryl methyl sites for hydroxylation is 1. The van der Waals surface area contributed by atoms with Crippen LogP contribution >= 0.6 is 0 Å². The fourth-order valence-electron chi connectivity index (χ4n) is 2.80. The van der Waals surface area contributed by atoms with Crippen molar-refractivity contribution in [1.82, 2.24) is 4.90 Å². The largest absolute Gasteiger partial charge is 0.490 e. The van der Waals surface area contributed by atoms with Crippen molar-refractivity contribution in [3.05, 3.63) is 29.3 Å². The van der Waals surface area contributed by atoms with E-state index in [1.807, 2.05) is 19.1 Å². The van der Waals surface area contributed by atoms with E-state index in [0.29, 0.717) is 23.8 Å². The molecule has 1 aliphatic rings. The average molecular weight is 305 g/mol. The Bertz CT molecular complexity index is 531. The van der Waals surface area contributed by atoms with Crippen LogP contribution in [0.15, 0.2) is 18.2 Å². The monoisotopic (exact) mass is 305 g/mol. The minimum atomic E-state index is -0.736. The average Bonchev–Trinajstić information content (AvgIpc) is 2.49. The first-order chi connectivity index (χ1) is 10.3. The second kappa shape index (κ2) is 6.69. The zero-order valence-electron chi connectivity index (χ0n) is 14.1. The molecule has 1 aliphatic carbocycles. The first-order valence-corrected chi connectivity index (χ1v) is 7.98. The number of hydrogen-bond donors (Lipinski definition) is 1. The molecule has 1 aromatic rings. The second-order valence-electron chi connectivity index (χ2n) is 6.88. The van der Waals surface area contributed by atoms with E-state index < -0.39 is 5.60 Å². The number of nitrogens with zero attached hydrogens (tertiary/aromatic N) is 1. The SMILES string of the molecule is Cc1ccc(C(=O)N(C)C)cc1OCC1(O)CCC(C)CC1.